The molecule has 1 aromatic carbocycles. The molecule has 4 rings (SSSR count). The zero-order valence-electron chi connectivity index (χ0n) is 18.9. The molecule has 7 heteroatoms. The summed E-state index contributed by atoms with van der Waals surface area (Å²) in [6.45, 7) is 9.05. The number of hydrogen-bond donors (Lipinski definition) is 0. The quantitative estimate of drug-likeness (QED) is 0.574. The van der Waals surface area contributed by atoms with E-state index in [-0.39, 0.29) is 25.2 Å². The number of fused-ring (bicyclic) bond motifs is 1. The van der Waals surface area contributed by atoms with Crippen LogP contribution < -0.4 is 5.56 Å². The van der Waals surface area contributed by atoms with Crippen LogP contribution in [0.1, 0.15) is 44.0 Å². The number of pyridine rings is 1. The van der Waals surface area contributed by atoms with E-state index in [1.54, 1.807) is 11.6 Å². The summed E-state index contributed by atoms with van der Waals surface area (Å²) in [6.07, 6.45) is 4.01. The van der Waals surface area contributed by atoms with Crippen molar-refractivity contribution in [3.63, 3.8) is 0 Å². The van der Waals surface area contributed by atoms with Crippen LogP contribution in [0.5, 0.6) is 0 Å². The number of benzene rings is 1. The normalized spacial score (nSPS) is 15.7. The summed E-state index contributed by atoms with van der Waals surface area (Å²) < 4.78 is 15.4. The monoisotopic (exact) mass is 443 g/mol. The molecule has 3 heterocycles. The molecule has 3 aromatic rings. The van der Waals surface area contributed by atoms with Gasteiger partial charge in [0.2, 0.25) is 0 Å². The summed E-state index contributed by atoms with van der Waals surface area (Å²) in [4.78, 5) is 17.1. The molecule has 0 saturated carbocycles. The molecule has 0 radical (unpaired) electrons. The molecule has 0 aliphatic carbocycles. The molecule has 2 aromatic heterocycles. The smallest absolute Gasteiger partial charge is 0.253 e. The van der Waals surface area contributed by atoms with E-state index in [0.717, 1.165) is 66.1 Å². The first-order chi connectivity index (χ1) is 14.5. The summed E-state index contributed by atoms with van der Waals surface area (Å²) in [5.41, 5.74) is 5.03. The van der Waals surface area contributed by atoms with Crippen molar-refractivity contribution in [1.29, 1.82) is 0 Å². The van der Waals surface area contributed by atoms with Crippen molar-refractivity contribution in [2.75, 3.05) is 19.8 Å². The largest absolute Gasteiger partial charge is 0.381 e. The first kappa shape index (κ1) is 23.6. The Hall–Kier alpha value is -2.09. The summed E-state index contributed by atoms with van der Waals surface area (Å²) in [6, 6.07) is 8.35. The second-order valence-corrected chi connectivity index (χ2v) is 8.26. The third-order valence-electron chi connectivity index (χ3n) is 5.95. The Morgan fingerprint density at radius 3 is 2.65 bits per heavy atom. The number of imidazole rings is 1. The highest BCUT2D eigenvalue weighted by molar-refractivity contribution is 7.59. The first-order valence-electron chi connectivity index (χ1n) is 10.8. The van der Waals surface area contributed by atoms with Gasteiger partial charge in [0.05, 0.1) is 23.7 Å². The fourth-order valence-corrected chi connectivity index (χ4v) is 4.41. The van der Waals surface area contributed by atoms with Gasteiger partial charge in [-0.1, -0.05) is 6.07 Å². The highest BCUT2D eigenvalue weighted by Gasteiger charge is 2.24. The van der Waals surface area contributed by atoms with E-state index in [1.165, 1.54) is 0 Å². The average molecular weight is 444 g/mol. The fraction of sp³-hybridized carbons (Fsp3) is 0.500. The van der Waals surface area contributed by atoms with E-state index in [4.69, 9.17) is 14.5 Å². The van der Waals surface area contributed by atoms with E-state index >= 15 is 0 Å². The Morgan fingerprint density at radius 1 is 1.23 bits per heavy atom. The predicted octanol–water partition coefficient (Wildman–Crippen LogP) is 4.14. The molecule has 1 aliphatic rings. The van der Waals surface area contributed by atoms with E-state index in [0.29, 0.717) is 12.5 Å². The minimum absolute atomic E-state index is 0. The molecule has 6 nitrogen and oxygen atoms in total. The molecule has 168 valence electrons. The van der Waals surface area contributed by atoms with Gasteiger partial charge < -0.3 is 18.6 Å². The molecule has 31 heavy (non-hydrogen) atoms. The lowest BCUT2D eigenvalue weighted by molar-refractivity contribution is 0.0613. The molecular weight excluding hydrogens is 410 g/mol. The van der Waals surface area contributed by atoms with Crippen molar-refractivity contribution in [2.24, 2.45) is 7.05 Å². The van der Waals surface area contributed by atoms with Crippen molar-refractivity contribution in [1.82, 2.24) is 14.1 Å². The van der Waals surface area contributed by atoms with Gasteiger partial charge in [-0.15, -0.1) is 0 Å². The van der Waals surface area contributed by atoms with E-state index in [1.807, 2.05) is 26.1 Å². The third kappa shape index (κ3) is 4.89. The van der Waals surface area contributed by atoms with Gasteiger partial charge in [0.15, 0.2) is 0 Å². The first-order valence-corrected chi connectivity index (χ1v) is 10.8. The fourth-order valence-electron chi connectivity index (χ4n) is 4.41. The SMILES string of the molecule is CCO[C@@H](C)Cn1c(C2CCOCC2)nc2ccc(-c3cc(C)c(=O)n(C)c3)cc21.S. The van der Waals surface area contributed by atoms with Gasteiger partial charge >= 0.3 is 0 Å². The molecule has 1 fully saturated rings. The average Bonchev–Trinajstić information content (AvgIpc) is 3.10. The van der Waals surface area contributed by atoms with Crippen molar-refractivity contribution in [2.45, 2.75) is 52.2 Å². The number of aryl methyl sites for hydroxylation is 2. The topological polar surface area (TPSA) is 58.3 Å². The van der Waals surface area contributed by atoms with E-state index in [2.05, 4.69) is 29.7 Å². The Kier molecular flexibility index (Phi) is 7.62. The third-order valence-corrected chi connectivity index (χ3v) is 5.95. The second kappa shape index (κ2) is 10.0. The summed E-state index contributed by atoms with van der Waals surface area (Å²) >= 11 is 0. The maximum absolute atomic E-state index is 12.1. The van der Waals surface area contributed by atoms with Crippen molar-refractivity contribution in [3.05, 3.63) is 52.2 Å². The lowest BCUT2D eigenvalue weighted by Crippen LogP contribution is -2.22. The number of aromatic nitrogens is 3. The molecular formula is C24H33N3O3S. The van der Waals surface area contributed by atoms with Gasteiger partial charge in [-0.2, -0.15) is 13.5 Å². The van der Waals surface area contributed by atoms with E-state index < -0.39 is 0 Å². The van der Waals surface area contributed by atoms with Gasteiger partial charge in [-0.3, -0.25) is 4.79 Å². The molecule has 0 spiro atoms. The molecule has 1 atom stereocenters. The minimum Gasteiger partial charge on any atom is -0.381 e. The number of hydrogen-bond acceptors (Lipinski definition) is 4. The summed E-state index contributed by atoms with van der Waals surface area (Å²) in [5, 5.41) is 0. The zero-order valence-corrected chi connectivity index (χ0v) is 19.9. The van der Waals surface area contributed by atoms with Crippen LogP contribution in [0.4, 0.5) is 0 Å². The van der Waals surface area contributed by atoms with Crippen LogP contribution in [0.2, 0.25) is 0 Å². The highest BCUT2D eigenvalue weighted by Crippen LogP contribution is 2.32. The van der Waals surface area contributed by atoms with Crippen LogP contribution in [0, 0.1) is 6.92 Å². The van der Waals surface area contributed by atoms with Gasteiger partial charge in [0.25, 0.3) is 5.56 Å². The summed E-state index contributed by atoms with van der Waals surface area (Å²) in [5.74, 6) is 1.54. The van der Waals surface area contributed by atoms with Crippen molar-refractivity contribution in [3.8, 4) is 11.1 Å². The van der Waals surface area contributed by atoms with Gasteiger partial charge in [0.1, 0.15) is 5.82 Å². The minimum atomic E-state index is 0. The number of rotatable bonds is 6. The van der Waals surface area contributed by atoms with Gasteiger partial charge in [0, 0.05) is 44.5 Å². The van der Waals surface area contributed by atoms with Gasteiger partial charge in [-0.25, -0.2) is 4.98 Å². The van der Waals surface area contributed by atoms with Crippen LogP contribution in [-0.4, -0.2) is 40.0 Å². The predicted molar refractivity (Wildman–Crippen MR) is 129 cm³/mol. The van der Waals surface area contributed by atoms with E-state index in [9.17, 15) is 4.79 Å². The Labute approximate surface area is 190 Å². The Morgan fingerprint density at radius 2 is 1.97 bits per heavy atom. The van der Waals surface area contributed by atoms with Gasteiger partial charge in [-0.05, 0) is 62.9 Å². The van der Waals surface area contributed by atoms with Crippen LogP contribution in [0.15, 0.2) is 35.3 Å². The second-order valence-electron chi connectivity index (χ2n) is 8.26. The summed E-state index contributed by atoms with van der Waals surface area (Å²) in [7, 11) is 1.80. The molecule has 0 amide bonds. The number of ether oxygens (including phenoxy) is 2. The standard InChI is InChI=1S/C24H31N3O3.H2S/c1-5-30-17(3)14-27-22-13-19(20-12-16(2)24(28)26(4)15-20)6-7-21(22)25-23(27)18-8-10-29-11-9-18;/h6-7,12-13,15,17-18H,5,8-11,14H2,1-4H3;1H2/t17-;/m0./s1. The molecule has 0 bridgehead atoms. The lowest BCUT2D eigenvalue weighted by atomic mass is 9.99. The molecule has 1 saturated heterocycles. The molecule has 0 unspecified atom stereocenters. The van der Waals surface area contributed by atoms with Crippen LogP contribution in [-0.2, 0) is 23.1 Å². The zero-order chi connectivity index (χ0) is 21.3. The Bertz CT molecular complexity index is 1070. The maximum atomic E-state index is 12.1. The molecule has 1 aliphatic heterocycles. The van der Waals surface area contributed by atoms with Crippen LogP contribution in [0.25, 0.3) is 22.2 Å². The van der Waals surface area contributed by atoms with Crippen molar-refractivity contribution < 1.29 is 9.47 Å². The molecule has 0 N–H and O–H groups in total. The Balaban J connectivity index is 0.00000272. The van der Waals surface area contributed by atoms with Crippen molar-refractivity contribution >= 4 is 24.5 Å². The van der Waals surface area contributed by atoms with Crippen LogP contribution >= 0.6 is 13.5 Å². The number of nitrogens with zero attached hydrogens (tertiary/aromatic N) is 3. The van der Waals surface area contributed by atoms with Crippen LogP contribution in [0.3, 0.4) is 0 Å². The highest BCUT2D eigenvalue weighted by atomic mass is 32.1. The lowest BCUT2D eigenvalue weighted by Gasteiger charge is -2.24. The maximum Gasteiger partial charge on any atom is 0.253 e.